The molecule has 1 unspecified atom stereocenters. The highest BCUT2D eigenvalue weighted by Gasteiger charge is 2.08. The Hall–Kier alpha value is -1.84. The lowest BCUT2D eigenvalue weighted by Gasteiger charge is -2.17. The number of hydrogen-bond donors (Lipinski definition) is 2. The number of rotatable bonds is 8. The minimum Gasteiger partial charge on any atom is -0.494 e. The van der Waals surface area contributed by atoms with Crippen molar-refractivity contribution in [2.24, 2.45) is 0 Å². The fraction of sp³-hybridized carbons (Fsp3) is 0.333. The van der Waals surface area contributed by atoms with Gasteiger partial charge in [-0.05, 0) is 36.6 Å². The predicted octanol–water partition coefficient (Wildman–Crippen LogP) is 2.78. The monoisotopic (exact) mass is 285 g/mol. The van der Waals surface area contributed by atoms with E-state index in [-0.39, 0.29) is 12.6 Å². The Morgan fingerprint density at radius 2 is 1.81 bits per heavy atom. The second kappa shape index (κ2) is 8.45. The van der Waals surface area contributed by atoms with Crippen LogP contribution >= 0.6 is 0 Å². The van der Waals surface area contributed by atoms with Gasteiger partial charge in [0.2, 0.25) is 0 Å². The largest absolute Gasteiger partial charge is 0.494 e. The molecule has 2 aromatic carbocycles. The van der Waals surface area contributed by atoms with Gasteiger partial charge in [0, 0.05) is 12.6 Å². The molecule has 1 atom stereocenters. The number of benzene rings is 2. The molecule has 2 N–H and O–H groups in total. The van der Waals surface area contributed by atoms with Crippen molar-refractivity contribution in [3.63, 3.8) is 0 Å². The summed E-state index contributed by atoms with van der Waals surface area (Å²) in [5, 5.41) is 12.9. The molecule has 0 fully saturated rings. The summed E-state index contributed by atoms with van der Waals surface area (Å²) < 4.78 is 5.50. The molecule has 0 heterocycles. The van der Waals surface area contributed by atoms with Crippen molar-refractivity contribution >= 4 is 0 Å². The van der Waals surface area contributed by atoms with Crippen LogP contribution in [-0.4, -0.2) is 24.4 Å². The van der Waals surface area contributed by atoms with Gasteiger partial charge in [-0.2, -0.15) is 0 Å². The lowest BCUT2D eigenvalue weighted by Crippen LogP contribution is -2.34. The minimum absolute atomic E-state index is 0.0585. The van der Waals surface area contributed by atoms with Crippen LogP contribution in [0.4, 0.5) is 0 Å². The number of aliphatic hydroxyl groups is 1. The molecule has 2 aromatic rings. The number of hydrogen-bond acceptors (Lipinski definition) is 3. The highest BCUT2D eigenvalue weighted by molar-refractivity contribution is 5.28. The molecule has 0 amide bonds. The number of ether oxygens (including phenoxy) is 1. The lowest BCUT2D eigenvalue weighted by molar-refractivity contribution is 0.240. The van der Waals surface area contributed by atoms with Crippen molar-refractivity contribution in [3.8, 4) is 5.75 Å². The molecular weight excluding hydrogens is 262 g/mol. The molecule has 0 spiro atoms. The fourth-order valence-corrected chi connectivity index (χ4v) is 2.27. The average molecular weight is 285 g/mol. The molecule has 0 bridgehead atoms. The Labute approximate surface area is 126 Å². The SMILES string of the molecule is CCOc1cccc(CNC(CO)Cc2ccccc2)c1. The summed E-state index contributed by atoms with van der Waals surface area (Å²) in [7, 11) is 0. The second-order valence-electron chi connectivity index (χ2n) is 5.03. The maximum Gasteiger partial charge on any atom is 0.119 e. The van der Waals surface area contributed by atoms with E-state index in [1.807, 2.05) is 43.3 Å². The van der Waals surface area contributed by atoms with E-state index in [2.05, 4.69) is 23.5 Å². The Morgan fingerprint density at radius 1 is 1.05 bits per heavy atom. The fourth-order valence-electron chi connectivity index (χ4n) is 2.27. The zero-order valence-corrected chi connectivity index (χ0v) is 12.5. The first-order valence-corrected chi connectivity index (χ1v) is 7.41. The van der Waals surface area contributed by atoms with Crippen LogP contribution in [0, 0.1) is 0 Å². The van der Waals surface area contributed by atoms with Crippen LogP contribution < -0.4 is 10.1 Å². The molecule has 21 heavy (non-hydrogen) atoms. The average Bonchev–Trinajstić information content (AvgIpc) is 2.53. The van der Waals surface area contributed by atoms with Gasteiger partial charge >= 0.3 is 0 Å². The van der Waals surface area contributed by atoms with E-state index < -0.39 is 0 Å². The normalized spacial score (nSPS) is 12.1. The van der Waals surface area contributed by atoms with E-state index in [9.17, 15) is 5.11 Å². The van der Waals surface area contributed by atoms with Crippen LogP contribution in [0.1, 0.15) is 18.1 Å². The Bertz CT molecular complexity index is 528. The first-order chi connectivity index (χ1) is 10.3. The summed E-state index contributed by atoms with van der Waals surface area (Å²) in [4.78, 5) is 0. The van der Waals surface area contributed by atoms with Gasteiger partial charge in [-0.25, -0.2) is 0 Å². The molecular formula is C18H23NO2. The predicted molar refractivity (Wildman–Crippen MR) is 85.5 cm³/mol. The second-order valence-corrected chi connectivity index (χ2v) is 5.03. The van der Waals surface area contributed by atoms with Gasteiger partial charge in [0.25, 0.3) is 0 Å². The molecule has 3 nitrogen and oxygen atoms in total. The van der Waals surface area contributed by atoms with E-state index in [0.29, 0.717) is 6.61 Å². The first-order valence-electron chi connectivity index (χ1n) is 7.41. The Balaban J connectivity index is 1.89. The molecule has 0 saturated heterocycles. The van der Waals surface area contributed by atoms with Gasteiger partial charge in [0.05, 0.1) is 13.2 Å². The molecule has 3 heteroatoms. The van der Waals surface area contributed by atoms with Crippen LogP contribution in [0.2, 0.25) is 0 Å². The van der Waals surface area contributed by atoms with Gasteiger partial charge in [-0.3, -0.25) is 0 Å². The molecule has 2 rings (SSSR count). The molecule has 0 aliphatic heterocycles. The lowest BCUT2D eigenvalue weighted by atomic mass is 10.1. The van der Waals surface area contributed by atoms with Crippen molar-refractivity contribution < 1.29 is 9.84 Å². The van der Waals surface area contributed by atoms with Crippen LogP contribution in [0.3, 0.4) is 0 Å². The molecule has 0 radical (unpaired) electrons. The summed E-state index contributed by atoms with van der Waals surface area (Å²) in [6.07, 6.45) is 0.822. The molecule has 112 valence electrons. The van der Waals surface area contributed by atoms with E-state index in [0.717, 1.165) is 24.3 Å². The highest BCUT2D eigenvalue weighted by Crippen LogP contribution is 2.13. The maximum atomic E-state index is 9.52. The molecule has 0 aromatic heterocycles. The van der Waals surface area contributed by atoms with Gasteiger partial charge in [0.15, 0.2) is 0 Å². The Kier molecular flexibility index (Phi) is 6.25. The van der Waals surface area contributed by atoms with Crippen molar-refractivity contribution in [1.29, 1.82) is 0 Å². The van der Waals surface area contributed by atoms with Gasteiger partial charge < -0.3 is 15.2 Å². The van der Waals surface area contributed by atoms with Crippen molar-refractivity contribution in [2.75, 3.05) is 13.2 Å². The van der Waals surface area contributed by atoms with E-state index in [1.54, 1.807) is 0 Å². The van der Waals surface area contributed by atoms with E-state index >= 15 is 0 Å². The minimum atomic E-state index is 0.0585. The van der Waals surface area contributed by atoms with Crippen LogP contribution in [0.25, 0.3) is 0 Å². The summed E-state index contributed by atoms with van der Waals surface area (Å²) >= 11 is 0. The smallest absolute Gasteiger partial charge is 0.119 e. The molecule has 0 saturated carbocycles. The van der Waals surface area contributed by atoms with Crippen molar-refractivity contribution in [2.45, 2.75) is 25.9 Å². The van der Waals surface area contributed by atoms with Crippen LogP contribution in [0.5, 0.6) is 5.75 Å². The van der Waals surface area contributed by atoms with E-state index in [1.165, 1.54) is 5.56 Å². The topological polar surface area (TPSA) is 41.5 Å². The number of aliphatic hydroxyl groups excluding tert-OH is 1. The Morgan fingerprint density at radius 3 is 2.52 bits per heavy atom. The highest BCUT2D eigenvalue weighted by atomic mass is 16.5. The van der Waals surface area contributed by atoms with Gasteiger partial charge in [0.1, 0.15) is 5.75 Å². The third-order valence-electron chi connectivity index (χ3n) is 3.35. The molecule has 0 aliphatic rings. The van der Waals surface area contributed by atoms with Crippen molar-refractivity contribution in [1.82, 2.24) is 5.32 Å². The van der Waals surface area contributed by atoms with Crippen LogP contribution in [0.15, 0.2) is 54.6 Å². The zero-order valence-electron chi connectivity index (χ0n) is 12.5. The van der Waals surface area contributed by atoms with Crippen molar-refractivity contribution in [3.05, 3.63) is 65.7 Å². The quantitative estimate of drug-likeness (QED) is 0.783. The standard InChI is InChI=1S/C18H23NO2/c1-2-21-18-10-6-9-16(12-18)13-19-17(14-20)11-15-7-4-3-5-8-15/h3-10,12,17,19-20H,2,11,13-14H2,1H3. The third kappa shape index (κ3) is 5.21. The van der Waals surface area contributed by atoms with Gasteiger partial charge in [-0.15, -0.1) is 0 Å². The van der Waals surface area contributed by atoms with Gasteiger partial charge in [-0.1, -0.05) is 42.5 Å². The molecule has 0 aliphatic carbocycles. The third-order valence-corrected chi connectivity index (χ3v) is 3.35. The summed E-state index contributed by atoms with van der Waals surface area (Å²) in [5.74, 6) is 0.889. The summed E-state index contributed by atoms with van der Waals surface area (Å²) in [6, 6.07) is 18.3. The summed E-state index contributed by atoms with van der Waals surface area (Å²) in [6.45, 7) is 3.50. The first kappa shape index (κ1) is 15.5. The zero-order chi connectivity index (χ0) is 14.9. The maximum absolute atomic E-state index is 9.52. The van der Waals surface area contributed by atoms with Crippen LogP contribution in [-0.2, 0) is 13.0 Å². The number of nitrogens with one attached hydrogen (secondary N) is 1. The van der Waals surface area contributed by atoms with E-state index in [4.69, 9.17) is 4.74 Å². The summed E-state index contributed by atoms with van der Waals surface area (Å²) in [5.41, 5.74) is 2.39.